The highest BCUT2D eigenvalue weighted by molar-refractivity contribution is 6.11. The van der Waals surface area contributed by atoms with Crippen molar-refractivity contribution in [3.8, 4) is 56.4 Å². The minimum atomic E-state index is 0.704. The van der Waals surface area contributed by atoms with Gasteiger partial charge in [0.2, 0.25) is 0 Å². The first-order valence-corrected chi connectivity index (χ1v) is 18.9. The first-order chi connectivity index (χ1) is 27.8. The first kappa shape index (κ1) is 31.9. The van der Waals surface area contributed by atoms with E-state index >= 15 is 0 Å². The topological polar surface area (TPSA) is 48.5 Å². The van der Waals surface area contributed by atoms with Gasteiger partial charge in [0.1, 0.15) is 0 Å². The van der Waals surface area contributed by atoms with Crippen molar-refractivity contribution in [1.82, 2.24) is 24.1 Å². The van der Waals surface area contributed by atoms with Gasteiger partial charge in [-0.15, -0.1) is 0 Å². The summed E-state index contributed by atoms with van der Waals surface area (Å²) >= 11 is 0. The summed E-state index contributed by atoms with van der Waals surface area (Å²) in [5, 5.41) is 3.59. The van der Waals surface area contributed by atoms with E-state index in [0.717, 1.165) is 67.0 Å². The van der Waals surface area contributed by atoms with Gasteiger partial charge in [-0.2, -0.15) is 0 Å². The average Bonchev–Trinajstić information content (AvgIpc) is 3.79. The Morgan fingerprint density at radius 1 is 0.321 bits per heavy atom. The zero-order chi connectivity index (χ0) is 37.0. The van der Waals surface area contributed by atoms with Crippen molar-refractivity contribution in [2.75, 3.05) is 0 Å². The molecule has 0 aliphatic rings. The molecule has 0 N–H and O–H groups in total. The summed E-state index contributed by atoms with van der Waals surface area (Å²) in [7, 11) is 0. The molecular formula is C51H33N5. The smallest absolute Gasteiger partial charge is 0.160 e. The van der Waals surface area contributed by atoms with Crippen molar-refractivity contribution in [2.45, 2.75) is 0 Å². The number of fused-ring (bicyclic) bond motifs is 6. The Morgan fingerprint density at radius 2 is 0.875 bits per heavy atom. The molecule has 262 valence electrons. The van der Waals surface area contributed by atoms with Gasteiger partial charge in [-0.05, 0) is 83.9 Å². The molecule has 0 bridgehead atoms. The quantitative estimate of drug-likeness (QED) is 0.172. The molecule has 11 rings (SSSR count). The number of rotatable bonds is 6. The van der Waals surface area contributed by atoms with Gasteiger partial charge in [0, 0.05) is 50.4 Å². The number of benzene rings is 7. The third kappa shape index (κ3) is 5.29. The van der Waals surface area contributed by atoms with Gasteiger partial charge < -0.3 is 9.13 Å². The molecule has 0 radical (unpaired) electrons. The standard InChI is InChI=1S/C51H33N5/c1-4-13-34(14-5-1)44-33-45(54-51(53-44)36-15-6-2-7-16-36)35-22-26-40(27-23-35)56-48-21-12-30-52-50(48)42-28-24-38(32-49(42)56)37-25-29-47-43(31-37)41-19-10-11-20-46(41)55(47)39-17-8-3-9-18-39/h1-33H. The molecule has 11 aromatic rings. The summed E-state index contributed by atoms with van der Waals surface area (Å²) in [5.41, 5.74) is 14.9. The van der Waals surface area contributed by atoms with Gasteiger partial charge in [-0.25, -0.2) is 9.97 Å². The van der Waals surface area contributed by atoms with E-state index in [0.29, 0.717) is 5.82 Å². The fourth-order valence-electron chi connectivity index (χ4n) is 8.15. The minimum absolute atomic E-state index is 0.704. The third-order valence-electron chi connectivity index (χ3n) is 10.8. The van der Waals surface area contributed by atoms with Crippen LogP contribution >= 0.6 is 0 Å². The number of hydrogen-bond donors (Lipinski definition) is 0. The van der Waals surface area contributed by atoms with Crippen LogP contribution in [0.5, 0.6) is 0 Å². The predicted octanol–water partition coefficient (Wildman–Crippen LogP) is 12.7. The molecule has 0 unspecified atom stereocenters. The van der Waals surface area contributed by atoms with Crippen molar-refractivity contribution in [1.29, 1.82) is 0 Å². The first-order valence-electron chi connectivity index (χ1n) is 18.9. The predicted molar refractivity (Wildman–Crippen MR) is 230 cm³/mol. The van der Waals surface area contributed by atoms with Crippen molar-refractivity contribution >= 4 is 43.7 Å². The summed E-state index contributed by atoms with van der Waals surface area (Å²) in [6.45, 7) is 0. The van der Waals surface area contributed by atoms with Crippen LogP contribution in [0.2, 0.25) is 0 Å². The van der Waals surface area contributed by atoms with E-state index < -0.39 is 0 Å². The molecule has 0 amide bonds. The van der Waals surface area contributed by atoms with Crippen LogP contribution in [0.1, 0.15) is 0 Å². The van der Waals surface area contributed by atoms with Crippen molar-refractivity contribution in [3.63, 3.8) is 0 Å². The van der Waals surface area contributed by atoms with Gasteiger partial charge in [0.25, 0.3) is 0 Å². The molecular weight excluding hydrogens is 683 g/mol. The van der Waals surface area contributed by atoms with Gasteiger partial charge in [-0.3, -0.25) is 4.98 Å². The fraction of sp³-hybridized carbons (Fsp3) is 0. The van der Waals surface area contributed by atoms with E-state index in [-0.39, 0.29) is 0 Å². The lowest BCUT2D eigenvalue weighted by Crippen LogP contribution is -1.97. The second-order valence-corrected chi connectivity index (χ2v) is 14.1. The number of hydrogen-bond acceptors (Lipinski definition) is 3. The number of pyridine rings is 1. The van der Waals surface area contributed by atoms with Crippen LogP contribution < -0.4 is 0 Å². The van der Waals surface area contributed by atoms with Gasteiger partial charge in [0.15, 0.2) is 5.82 Å². The maximum Gasteiger partial charge on any atom is 0.160 e. The number of aromatic nitrogens is 5. The molecule has 0 fully saturated rings. The lowest BCUT2D eigenvalue weighted by atomic mass is 10.0. The summed E-state index contributed by atoms with van der Waals surface area (Å²) in [4.78, 5) is 14.9. The lowest BCUT2D eigenvalue weighted by molar-refractivity contribution is 1.17. The number of para-hydroxylation sites is 2. The maximum atomic E-state index is 5.07. The molecule has 4 aromatic heterocycles. The Bertz CT molecular complexity index is 3160. The van der Waals surface area contributed by atoms with E-state index in [1.165, 1.54) is 27.4 Å². The molecule has 5 heteroatoms. The Hall–Kier alpha value is -7.63. The van der Waals surface area contributed by atoms with Crippen LogP contribution in [0, 0.1) is 0 Å². The Morgan fingerprint density at radius 3 is 1.64 bits per heavy atom. The van der Waals surface area contributed by atoms with Crippen LogP contribution in [-0.4, -0.2) is 24.1 Å². The largest absolute Gasteiger partial charge is 0.309 e. The molecule has 4 heterocycles. The average molecular weight is 716 g/mol. The van der Waals surface area contributed by atoms with Gasteiger partial charge in [0.05, 0.1) is 39.0 Å². The molecule has 7 aromatic carbocycles. The molecule has 56 heavy (non-hydrogen) atoms. The molecule has 0 saturated heterocycles. The zero-order valence-electron chi connectivity index (χ0n) is 30.3. The van der Waals surface area contributed by atoms with Crippen LogP contribution in [0.25, 0.3) is 100 Å². The summed E-state index contributed by atoms with van der Waals surface area (Å²) in [6, 6.07) is 68.3. The Kier molecular flexibility index (Phi) is 7.42. The van der Waals surface area contributed by atoms with Crippen LogP contribution in [0.15, 0.2) is 200 Å². The summed E-state index contributed by atoms with van der Waals surface area (Å²) in [5.74, 6) is 0.704. The zero-order valence-corrected chi connectivity index (χ0v) is 30.3. The van der Waals surface area contributed by atoms with Gasteiger partial charge >= 0.3 is 0 Å². The highest BCUT2D eigenvalue weighted by Crippen LogP contribution is 2.38. The Balaban J connectivity index is 1.03. The lowest BCUT2D eigenvalue weighted by Gasteiger charge is -2.12. The summed E-state index contributed by atoms with van der Waals surface area (Å²) < 4.78 is 4.69. The Labute approximate surface area is 323 Å². The summed E-state index contributed by atoms with van der Waals surface area (Å²) in [6.07, 6.45) is 1.88. The normalized spacial score (nSPS) is 11.6. The van der Waals surface area contributed by atoms with Crippen molar-refractivity contribution in [3.05, 3.63) is 200 Å². The van der Waals surface area contributed by atoms with Crippen LogP contribution in [0.3, 0.4) is 0 Å². The minimum Gasteiger partial charge on any atom is -0.309 e. The van der Waals surface area contributed by atoms with E-state index in [2.05, 4.69) is 161 Å². The van der Waals surface area contributed by atoms with E-state index in [1.807, 2.05) is 48.7 Å². The van der Waals surface area contributed by atoms with E-state index in [9.17, 15) is 0 Å². The fourth-order valence-corrected chi connectivity index (χ4v) is 8.15. The molecule has 0 saturated carbocycles. The van der Waals surface area contributed by atoms with Gasteiger partial charge in [-0.1, -0.05) is 121 Å². The highest BCUT2D eigenvalue weighted by Gasteiger charge is 2.17. The van der Waals surface area contributed by atoms with Crippen LogP contribution in [0.4, 0.5) is 0 Å². The number of nitrogens with zero attached hydrogens (tertiary/aromatic N) is 5. The van der Waals surface area contributed by atoms with Crippen LogP contribution in [-0.2, 0) is 0 Å². The molecule has 0 aliphatic heterocycles. The maximum absolute atomic E-state index is 5.07. The second-order valence-electron chi connectivity index (χ2n) is 14.1. The SMILES string of the molecule is c1ccc(-c2cc(-c3ccc(-n4c5cc(-c6ccc7c(c6)c6ccccc6n7-c6ccccc6)ccc5c5ncccc54)cc3)nc(-c3ccccc3)n2)cc1. The molecule has 0 spiro atoms. The highest BCUT2D eigenvalue weighted by atomic mass is 15.0. The van der Waals surface area contributed by atoms with E-state index in [4.69, 9.17) is 15.0 Å². The molecule has 0 aliphatic carbocycles. The second kappa shape index (κ2) is 13.0. The van der Waals surface area contributed by atoms with Crippen molar-refractivity contribution in [2.24, 2.45) is 0 Å². The molecule has 5 nitrogen and oxygen atoms in total. The monoisotopic (exact) mass is 715 g/mol. The van der Waals surface area contributed by atoms with Crippen molar-refractivity contribution < 1.29 is 0 Å². The van der Waals surface area contributed by atoms with E-state index in [1.54, 1.807) is 0 Å². The molecule has 0 atom stereocenters. The third-order valence-corrected chi connectivity index (χ3v) is 10.8.